The highest BCUT2D eigenvalue weighted by molar-refractivity contribution is 14.1. The number of anilines is 1. The fourth-order valence-corrected chi connectivity index (χ4v) is 2.72. The maximum atomic E-state index is 12.6. The third-order valence-corrected chi connectivity index (χ3v) is 4.21. The van der Waals surface area contributed by atoms with E-state index in [1.54, 1.807) is 25.2 Å². The SMILES string of the molecule is CN(C(=O)c1cc(I)ccc1Br)c1ccccc1C#N. The van der Waals surface area contributed by atoms with E-state index >= 15 is 0 Å². The molecule has 0 heterocycles. The molecule has 0 aliphatic rings. The van der Waals surface area contributed by atoms with E-state index in [1.165, 1.54) is 4.90 Å². The van der Waals surface area contributed by atoms with Crippen molar-refractivity contribution in [1.82, 2.24) is 0 Å². The Balaban J connectivity index is 2.43. The van der Waals surface area contributed by atoms with Gasteiger partial charge in [-0.2, -0.15) is 5.26 Å². The lowest BCUT2D eigenvalue weighted by molar-refractivity contribution is 0.0992. The molecule has 20 heavy (non-hydrogen) atoms. The van der Waals surface area contributed by atoms with Crippen molar-refractivity contribution in [3.05, 3.63) is 61.6 Å². The van der Waals surface area contributed by atoms with Crippen LogP contribution in [-0.2, 0) is 0 Å². The molecule has 0 bridgehead atoms. The summed E-state index contributed by atoms with van der Waals surface area (Å²) in [5.41, 5.74) is 1.66. The summed E-state index contributed by atoms with van der Waals surface area (Å²) in [7, 11) is 1.67. The summed E-state index contributed by atoms with van der Waals surface area (Å²) >= 11 is 5.56. The maximum Gasteiger partial charge on any atom is 0.259 e. The lowest BCUT2D eigenvalue weighted by Gasteiger charge is -2.19. The third kappa shape index (κ3) is 3.02. The van der Waals surface area contributed by atoms with Gasteiger partial charge in [-0.3, -0.25) is 4.79 Å². The molecule has 0 spiro atoms. The van der Waals surface area contributed by atoms with Crippen LogP contribution in [0.5, 0.6) is 0 Å². The Hall–Kier alpha value is -1.39. The van der Waals surface area contributed by atoms with Crippen LogP contribution in [0.25, 0.3) is 0 Å². The lowest BCUT2D eigenvalue weighted by Crippen LogP contribution is -2.27. The van der Waals surface area contributed by atoms with Crippen LogP contribution in [0.1, 0.15) is 15.9 Å². The standard InChI is InChI=1S/C15H10BrIN2O/c1-19(14-5-3-2-4-10(14)9-18)15(20)12-8-11(17)6-7-13(12)16/h2-8H,1H3. The molecule has 100 valence electrons. The van der Waals surface area contributed by atoms with E-state index in [2.05, 4.69) is 44.6 Å². The van der Waals surface area contributed by atoms with Crippen LogP contribution in [0.3, 0.4) is 0 Å². The molecule has 0 radical (unpaired) electrons. The number of nitriles is 1. The summed E-state index contributed by atoms with van der Waals surface area (Å²) in [5, 5.41) is 9.12. The lowest BCUT2D eigenvalue weighted by atomic mass is 10.1. The van der Waals surface area contributed by atoms with E-state index in [0.717, 1.165) is 8.04 Å². The van der Waals surface area contributed by atoms with Gasteiger partial charge >= 0.3 is 0 Å². The average molecular weight is 441 g/mol. The van der Waals surface area contributed by atoms with E-state index in [4.69, 9.17) is 5.26 Å². The van der Waals surface area contributed by atoms with Crippen LogP contribution in [0.15, 0.2) is 46.9 Å². The molecule has 0 aromatic heterocycles. The van der Waals surface area contributed by atoms with Crippen molar-refractivity contribution in [2.45, 2.75) is 0 Å². The van der Waals surface area contributed by atoms with E-state index in [0.29, 0.717) is 16.8 Å². The molecule has 3 nitrogen and oxygen atoms in total. The first-order chi connectivity index (χ1) is 9.54. The molecule has 0 fully saturated rings. The third-order valence-electron chi connectivity index (χ3n) is 2.85. The molecule has 2 rings (SSSR count). The van der Waals surface area contributed by atoms with Gasteiger partial charge in [0.25, 0.3) is 5.91 Å². The molecule has 0 atom stereocenters. The van der Waals surface area contributed by atoms with E-state index < -0.39 is 0 Å². The second-order valence-electron chi connectivity index (χ2n) is 4.12. The van der Waals surface area contributed by atoms with Gasteiger partial charge in [0.15, 0.2) is 0 Å². The number of hydrogen-bond donors (Lipinski definition) is 0. The largest absolute Gasteiger partial charge is 0.310 e. The number of hydrogen-bond acceptors (Lipinski definition) is 2. The van der Waals surface area contributed by atoms with Crippen molar-refractivity contribution in [2.24, 2.45) is 0 Å². The van der Waals surface area contributed by atoms with Crippen molar-refractivity contribution >= 4 is 50.1 Å². The second-order valence-corrected chi connectivity index (χ2v) is 6.22. The highest BCUT2D eigenvalue weighted by Crippen LogP contribution is 2.25. The number of halogens is 2. The van der Waals surface area contributed by atoms with Gasteiger partial charge in [-0.05, 0) is 68.9 Å². The van der Waals surface area contributed by atoms with Crippen molar-refractivity contribution in [1.29, 1.82) is 5.26 Å². The Morgan fingerprint density at radius 2 is 2.00 bits per heavy atom. The van der Waals surface area contributed by atoms with Gasteiger partial charge in [-0.15, -0.1) is 0 Å². The topological polar surface area (TPSA) is 44.1 Å². The Bertz CT molecular complexity index is 709. The quantitative estimate of drug-likeness (QED) is 0.657. The smallest absolute Gasteiger partial charge is 0.259 e. The fourth-order valence-electron chi connectivity index (χ4n) is 1.81. The molecule has 0 saturated heterocycles. The molecule has 0 unspecified atom stereocenters. The van der Waals surface area contributed by atoms with Crippen molar-refractivity contribution in [3.8, 4) is 6.07 Å². The van der Waals surface area contributed by atoms with E-state index in [9.17, 15) is 4.79 Å². The van der Waals surface area contributed by atoms with Crippen LogP contribution >= 0.6 is 38.5 Å². The second kappa shape index (κ2) is 6.37. The number of carbonyl (C=O) groups excluding carboxylic acids is 1. The Morgan fingerprint density at radius 3 is 2.70 bits per heavy atom. The number of rotatable bonds is 2. The summed E-state index contributed by atoms with van der Waals surface area (Å²) in [6.45, 7) is 0. The molecule has 0 N–H and O–H groups in total. The molecule has 0 saturated carbocycles. The Kier molecular flexibility index (Phi) is 4.78. The molecular formula is C15H10BrIN2O. The monoisotopic (exact) mass is 440 g/mol. The van der Waals surface area contributed by atoms with Gasteiger partial charge in [-0.25, -0.2) is 0 Å². The van der Waals surface area contributed by atoms with Crippen LogP contribution in [-0.4, -0.2) is 13.0 Å². The van der Waals surface area contributed by atoms with Gasteiger partial charge in [0.2, 0.25) is 0 Å². The number of nitrogens with zero attached hydrogens (tertiary/aromatic N) is 2. The minimum absolute atomic E-state index is 0.155. The van der Waals surface area contributed by atoms with Crippen LogP contribution in [0.2, 0.25) is 0 Å². The molecule has 2 aromatic rings. The first-order valence-electron chi connectivity index (χ1n) is 5.77. The zero-order valence-corrected chi connectivity index (χ0v) is 14.3. The fraction of sp³-hybridized carbons (Fsp3) is 0.0667. The number of carbonyl (C=O) groups is 1. The zero-order chi connectivity index (χ0) is 14.7. The summed E-state index contributed by atoms with van der Waals surface area (Å²) in [6.07, 6.45) is 0. The predicted octanol–water partition coefficient (Wildman–Crippen LogP) is 4.20. The summed E-state index contributed by atoms with van der Waals surface area (Å²) in [5.74, 6) is -0.155. The normalized spacial score (nSPS) is 9.90. The van der Waals surface area contributed by atoms with Crippen molar-refractivity contribution in [2.75, 3.05) is 11.9 Å². The molecular weight excluding hydrogens is 431 g/mol. The van der Waals surface area contributed by atoms with Crippen molar-refractivity contribution in [3.63, 3.8) is 0 Å². The average Bonchev–Trinajstić information content (AvgIpc) is 2.48. The van der Waals surface area contributed by atoms with Crippen LogP contribution < -0.4 is 4.90 Å². The molecule has 5 heteroatoms. The number of amides is 1. The molecule has 0 aliphatic heterocycles. The minimum atomic E-state index is -0.155. The van der Waals surface area contributed by atoms with Crippen LogP contribution in [0.4, 0.5) is 5.69 Å². The highest BCUT2D eigenvalue weighted by Gasteiger charge is 2.18. The van der Waals surface area contributed by atoms with Crippen LogP contribution in [0, 0.1) is 14.9 Å². The van der Waals surface area contributed by atoms with Gasteiger partial charge in [-0.1, -0.05) is 12.1 Å². The Labute approximate surface area is 139 Å². The Morgan fingerprint density at radius 1 is 1.30 bits per heavy atom. The summed E-state index contributed by atoms with van der Waals surface area (Å²) < 4.78 is 1.72. The predicted molar refractivity (Wildman–Crippen MR) is 90.7 cm³/mol. The summed E-state index contributed by atoms with van der Waals surface area (Å²) in [6, 6.07) is 14.7. The number of benzene rings is 2. The van der Waals surface area contributed by atoms with Gasteiger partial charge < -0.3 is 4.90 Å². The highest BCUT2D eigenvalue weighted by atomic mass is 127. The first-order valence-corrected chi connectivity index (χ1v) is 7.64. The minimum Gasteiger partial charge on any atom is -0.310 e. The van der Waals surface area contributed by atoms with E-state index in [-0.39, 0.29) is 5.91 Å². The first kappa shape index (κ1) is 15.0. The van der Waals surface area contributed by atoms with Gasteiger partial charge in [0, 0.05) is 15.1 Å². The maximum absolute atomic E-state index is 12.6. The number of para-hydroxylation sites is 1. The zero-order valence-electron chi connectivity index (χ0n) is 10.6. The summed E-state index contributed by atoms with van der Waals surface area (Å²) in [4.78, 5) is 14.1. The van der Waals surface area contributed by atoms with Crippen molar-refractivity contribution < 1.29 is 4.79 Å². The van der Waals surface area contributed by atoms with Gasteiger partial charge in [0.1, 0.15) is 6.07 Å². The molecule has 0 aliphatic carbocycles. The molecule has 2 aromatic carbocycles. The van der Waals surface area contributed by atoms with Gasteiger partial charge in [0.05, 0.1) is 16.8 Å². The molecule has 1 amide bonds. The van der Waals surface area contributed by atoms with E-state index in [1.807, 2.05) is 24.3 Å².